The van der Waals surface area contributed by atoms with Gasteiger partial charge in [-0.25, -0.2) is 4.98 Å². The summed E-state index contributed by atoms with van der Waals surface area (Å²) in [5.74, 6) is 0.283. The summed E-state index contributed by atoms with van der Waals surface area (Å²) in [6.07, 6.45) is 2.92. The number of aromatic nitrogens is 2. The Labute approximate surface area is 152 Å². The van der Waals surface area contributed by atoms with Crippen molar-refractivity contribution in [1.82, 2.24) is 15.3 Å². The number of nitrogens with zero attached hydrogens (tertiary/aromatic N) is 1. The van der Waals surface area contributed by atoms with Crippen molar-refractivity contribution in [1.29, 1.82) is 0 Å². The topological polar surface area (TPSA) is 87.0 Å². The molecule has 25 heavy (non-hydrogen) atoms. The van der Waals surface area contributed by atoms with Gasteiger partial charge < -0.3 is 21.1 Å². The monoisotopic (exact) mass is 358 g/mol. The van der Waals surface area contributed by atoms with Crippen LogP contribution in [0.2, 0.25) is 5.02 Å². The van der Waals surface area contributed by atoms with E-state index in [-0.39, 0.29) is 18.0 Å². The van der Waals surface area contributed by atoms with Gasteiger partial charge in [-0.3, -0.25) is 0 Å². The standard InChI is InChI=1S/C19H23ClN4O/c1-19(2,8-13-9-22-16-6-4-3-5-14(13)16)23-10-17-12(11-25)7-15(20)18(21)24-17/h3-7,9,22-23,25H,8,10-11H2,1-2H3,(H2,21,24). The van der Waals surface area contributed by atoms with Crippen molar-refractivity contribution in [3.63, 3.8) is 0 Å². The predicted octanol–water partition coefficient (Wildman–Crippen LogP) is 3.40. The van der Waals surface area contributed by atoms with E-state index in [2.05, 4.69) is 47.5 Å². The van der Waals surface area contributed by atoms with Crippen molar-refractivity contribution >= 4 is 28.3 Å². The van der Waals surface area contributed by atoms with Crippen LogP contribution in [0.1, 0.15) is 30.7 Å². The first-order valence-corrected chi connectivity index (χ1v) is 8.62. The molecule has 2 heterocycles. The number of aromatic amines is 1. The second-order valence-corrected chi connectivity index (χ2v) is 7.30. The highest BCUT2D eigenvalue weighted by Gasteiger charge is 2.21. The average Bonchev–Trinajstić information content (AvgIpc) is 2.98. The molecule has 1 aromatic carbocycles. The van der Waals surface area contributed by atoms with E-state index in [1.54, 1.807) is 6.07 Å². The minimum atomic E-state index is -0.159. The summed E-state index contributed by atoms with van der Waals surface area (Å²) < 4.78 is 0. The van der Waals surface area contributed by atoms with Crippen molar-refractivity contribution in [2.24, 2.45) is 0 Å². The molecule has 0 aliphatic heterocycles. The van der Waals surface area contributed by atoms with Gasteiger partial charge >= 0.3 is 0 Å². The Bertz CT molecular complexity index is 888. The highest BCUT2D eigenvalue weighted by atomic mass is 35.5. The van der Waals surface area contributed by atoms with Crippen molar-refractivity contribution in [2.75, 3.05) is 5.73 Å². The van der Waals surface area contributed by atoms with Gasteiger partial charge in [0.15, 0.2) is 0 Å². The fourth-order valence-corrected chi connectivity index (χ4v) is 3.18. The number of nitrogens with two attached hydrogens (primary N) is 1. The number of hydrogen-bond acceptors (Lipinski definition) is 4. The van der Waals surface area contributed by atoms with E-state index in [9.17, 15) is 5.11 Å². The smallest absolute Gasteiger partial charge is 0.142 e. The molecule has 0 saturated heterocycles. The molecular formula is C19H23ClN4O. The molecule has 2 aromatic heterocycles. The minimum absolute atomic E-state index is 0.118. The molecule has 0 spiro atoms. The van der Waals surface area contributed by atoms with Gasteiger partial charge in [0, 0.05) is 34.7 Å². The lowest BCUT2D eigenvalue weighted by atomic mass is 9.94. The number of fused-ring (bicyclic) bond motifs is 1. The van der Waals surface area contributed by atoms with Crippen LogP contribution in [0, 0.1) is 0 Å². The normalized spacial score (nSPS) is 12.0. The molecule has 0 aliphatic rings. The van der Waals surface area contributed by atoms with Crippen LogP contribution in [0.15, 0.2) is 36.5 Å². The zero-order valence-electron chi connectivity index (χ0n) is 14.4. The van der Waals surface area contributed by atoms with Crippen LogP contribution in [0.3, 0.4) is 0 Å². The van der Waals surface area contributed by atoms with Gasteiger partial charge in [-0.05, 0) is 38.0 Å². The summed E-state index contributed by atoms with van der Waals surface area (Å²) in [6, 6.07) is 9.95. The van der Waals surface area contributed by atoms with Gasteiger partial charge in [-0.1, -0.05) is 29.8 Å². The third kappa shape index (κ3) is 3.95. The van der Waals surface area contributed by atoms with E-state index < -0.39 is 0 Å². The largest absolute Gasteiger partial charge is 0.392 e. The molecule has 5 N–H and O–H groups in total. The van der Waals surface area contributed by atoms with E-state index in [0.717, 1.165) is 17.6 Å². The maximum Gasteiger partial charge on any atom is 0.142 e. The van der Waals surface area contributed by atoms with Crippen LogP contribution >= 0.6 is 11.6 Å². The SMILES string of the molecule is CC(C)(Cc1c[nH]c2ccccc12)NCc1nc(N)c(Cl)cc1CO. The summed E-state index contributed by atoms with van der Waals surface area (Å²) in [5, 5.41) is 14.6. The number of para-hydroxylation sites is 1. The number of pyridine rings is 1. The van der Waals surface area contributed by atoms with Gasteiger partial charge in [0.05, 0.1) is 17.3 Å². The molecule has 3 rings (SSSR count). The number of hydrogen-bond donors (Lipinski definition) is 4. The maximum atomic E-state index is 9.52. The molecule has 0 unspecified atom stereocenters. The van der Waals surface area contributed by atoms with Crippen molar-refractivity contribution in [3.8, 4) is 0 Å². The Morgan fingerprint density at radius 3 is 2.80 bits per heavy atom. The molecule has 0 bridgehead atoms. The van der Waals surface area contributed by atoms with Gasteiger partial charge in [-0.2, -0.15) is 0 Å². The molecule has 0 aliphatic carbocycles. The molecule has 0 radical (unpaired) electrons. The Kier molecular flexibility index (Phi) is 4.99. The molecule has 0 saturated carbocycles. The molecule has 3 aromatic rings. The summed E-state index contributed by atoms with van der Waals surface area (Å²) in [4.78, 5) is 7.62. The van der Waals surface area contributed by atoms with Crippen LogP contribution < -0.4 is 11.1 Å². The molecule has 6 heteroatoms. The van der Waals surface area contributed by atoms with Crippen LogP contribution in [0.25, 0.3) is 10.9 Å². The predicted molar refractivity (Wildman–Crippen MR) is 103 cm³/mol. The first-order chi connectivity index (χ1) is 11.9. The fraction of sp³-hybridized carbons (Fsp3) is 0.316. The lowest BCUT2D eigenvalue weighted by molar-refractivity contribution is 0.278. The van der Waals surface area contributed by atoms with Crippen LogP contribution in [0.4, 0.5) is 5.82 Å². The Balaban J connectivity index is 1.75. The lowest BCUT2D eigenvalue weighted by Gasteiger charge is -2.27. The Morgan fingerprint density at radius 2 is 2.04 bits per heavy atom. The highest BCUT2D eigenvalue weighted by molar-refractivity contribution is 6.32. The molecule has 0 amide bonds. The zero-order valence-corrected chi connectivity index (χ0v) is 15.2. The number of H-pyrrole nitrogens is 1. The quantitative estimate of drug-likeness (QED) is 0.544. The molecule has 5 nitrogen and oxygen atoms in total. The number of halogens is 1. The molecule has 0 fully saturated rings. The first-order valence-electron chi connectivity index (χ1n) is 8.24. The van der Waals surface area contributed by atoms with Crippen LogP contribution in [0.5, 0.6) is 0 Å². The number of rotatable bonds is 6. The molecule has 132 valence electrons. The number of nitrogen functional groups attached to an aromatic ring is 1. The summed E-state index contributed by atoms with van der Waals surface area (Å²) in [5.41, 5.74) is 9.45. The van der Waals surface area contributed by atoms with Gasteiger partial charge in [0.1, 0.15) is 5.82 Å². The summed E-state index contributed by atoms with van der Waals surface area (Å²) in [7, 11) is 0. The van der Waals surface area contributed by atoms with Crippen molar-refractivity contribution in [2.45, 2.75) is 39.0 Å². The fourth-order valence-electron chi connectivity index (χ4n) is 3.01. The van der Waals surface area contributed by atoms with Crippen molar-refractivity contribution < 1.29 is 5.11 Å². The van der Waals surface area contributed by atoms with E-state index in [1.807, 2.05) is 12.1 Å². The number of aliphatic hydroxyl groups excluding tert-OH is 1. The Morgan fingerprint density at radius 1 is 1.28 bits per heavy atom. The van der Waals surface area contributed by atoms with E-state index >= 15 is 0 Å². The zero-order chi connectivity index (χ0) is 18.0. The third-order valence-corrected chi connectivity index (χ3v) is 4.69. The Hall–Kier alpha value is -2.08. The number of benzene rings is 1. The van der Waals surface area contributed by atoms with E-state index in [0.29, 0.717) is 17.1 Å². The minimum Gasteiger partial charge on any atom is -0.392 e. The first kappa shape index (κ1) is 17.7. The lowest BCUT2D eigenvalue weighted by Crippen LogP contribution is -2.41. The van der Waals surface area contributed by atoms with Gasteiger partial charge in [0.2, 0.25) is 0 Å². The van der Waals surface area contributed by atoms with Crippen LogP contribution in [-0.4, -0.2) is 20.6 Å². The number of nitrogens with one attached hydrogen (secondary N) is 2. The molecular weight excluding hydrogens is 336 g/mol. The highest BCUT2D eigenvalue weighted by Crippen LogP contribution is 2.24. The second-order valence-electron chi connectivity index (χ2n) is 6.89. The second kappa shape index (κ2) is 7.04. The maximum absolute atomic E-state index is 9.52. The van der Waals surface area contributed by atoms with E-state index in [4.69, 9.17) is 17.3 Å². The van der Waals surface area contributed by atoms with Crippen LogP contribution in [-0.2, 0) is 19.6 Å². The molecule has 0 atom stereocenters. The van der Waals surface area contributed by atoms with E-state index in [1.165, 1.54) is 10.9 Å². The number of anilines is 1. The van der Waals surface area contributed by atoms with Crippen molar-refractivity contribution in [3.05, 3.63) is 58.4 Å². The third-order valence-electron chi connectivity index (χ3n) is 4.38. The average molecular weight is 359 g/mol. The summed E-state index contributed by atoms with van der Waals surface area (Å²) in [6.45, 7) is 4.68. The number of aliphatic hydroxyl groups is 1. The summed E-state index contributed by atoms with van der Waals surface area (Å²) >= 11 is 5.98. The van der Waals surface area contributed by atoms with Gasteiger partial charge in [-0.15, -0.1) is 0 Å². The van der Waals surface area contributed by atoms with Gasteiger partial charge in [0.25, 0.3) is 0 Å².